The fraction of sp³-hybridized carbons (Fsp3) is 0.333. The molecule has 2 aromatic heterocycles. The van der Waals surface area contributed by atoms with Crippen LogP contribution >= 0.6 is 0 Å². The Balaban J connectivity index is 2.15. The van der Waals surface area contributed by atoms with Gasteiger partial charge in [0.25, 0.3) is 0 Å². The number of ether oxygens (including phenoxy) is 2. The molecule has 3 heterocycles. The molecule has 0 aromatic carbocycles. The van der Waals surface area contributed by atoms with Gasteiger partial charge in [-0.25, -0.2) is 9.48 Å². The van der Waals surface area contributed by atoms with Crippen molar-refractivity contribution in [1.82, 2.24) is 19.7 Å². The van der Waals surface area contributed by atoms with Crippen molar-refractivity contribution in [1.29, 1.82) is 0 Å². The van der Waals surface area contributed by atoms with Gasteiger partial charge in [-0.15, -0.1) is 0 Å². The fourth-order valence-corrected chi connectivity index (χ4v) is 2.57. The Labute approximate surface area is 133 Å². The van der Waals surface area contributed by atoms with Gasteiger partial charge >= 0.3 is 5.97 Å². The first-order valence-electron chi connectivity index (χ1n) is 7.21. The number of aromatic nitrogens is 4. The molecule has 0 saturated heterocycles. The zero-order valence-corrected chi connectivity index (χ0v) is 12.9. The van der Waals surface area contributed by atoms with Crippen molar-refractivity contribution in [3.8, 4) is 0 Å². The number of carbonyl (C=O) groups excluding carboxylic acids is 1. The van der Waals surface area contributed by atoms with Crippen molar-refractivity contribution in [2.24, 2.45) is 0 Å². The minimum Gasteiger partial charge on any atom is -0.463 e. The molecule has 0 radical (unpaired) electrons. The third-order valence-electron chi connectivity index (χ3n) is 3.48. The summed E-state index contributed by atoms with van der Waals surface area (Å²) in [5, 5.41) is 7.34. The molecule has 1 aliphatic heterocycles. The van der Waals surface area contributed by atoms with Gasteiger partial charge in [0.15, 0.2) is 0 Å². The number of fused-ring (bicyclic) bond motifs is 1. The smallest absolute Gasteiger partial charge is 0.338 e. The van der Waals surface area contributed by atoms with Crippen molar-refractivity contribution in [2.75, 3.05) is 25.6 Å². The molecule has 0 spiro atoms. The monoisotopic (exact) mass is 315 g/mol. The van der Waals surface area contributed by atoms with E-state index in [9.17, 15) is 4.79 Å². The van der Waals surface area contributed by atoms with Crippen LogP contribution in [0.4, 0.5) is 5.95 Å². The second-order valence-corrected chi connectivity index (χ2v) is 4.88. The average Bonchev–Trinajstić information content (AvgIpc) is 3.03. The number of nitrogens with one attached hydrogen (secondary N) is 1. The van der Waals surface area contributed by atoms with E-state index in [0.29, 0.717) is 17.2 Å². The summed E-state index contributed by atoms with van der Waals surface area (Å²) < 4.78 is 12.1. The highest BCUT2D eigenvalue weighted by atomic mass is 16.5. The number of esters is 1. The van der Waals surface area contributed by atoms with E-state index < -0.39 is 12.0 Å². The van der Waals surface area contributed by atoms with E-state index >= 15 is 0 Å². The summed E-state index contributed by atoms with van der Waals surface area (Å²) in [6.07, 6.45) is 4.79. The SMILES string of the molecule is CCOC(=O)C1=C(COC)Nc2ncnn2C1c1ccncc1. The van der Waals surface area contributed by atoms with Crippen molar-refractivity contribution < 1.29 is 14.3 Å². The Morgan fingerprint density at radius 2 is 2.17 bits per heavy atom. The zero-order valence-electron chi connectivity index (χ0n) is 12.9. The minimum atomic E-state index is -0.444. The predicted molar refractivity (Wildman–Crippen MR) is 81.6 cm³/mol. The Bertz CT molecular complexity index is 726. The molecular formula is C15H17N5O3. The Hall–Kier alpha value is -2.74. The third kappa shape index (κ3) is 2.80. The lowest BCUT2D eigenvalue weighted by molar-refractivity contribution is -0.139. The van der Waals surface area contributed by atoms with Crippen LogP contribution in [0.3, 0.4) is 0 Å². The molecule has 1 unspecified atom stereocenters. The minimum absolute atomic E-state index is 0.239. The molecule has 1 aliphatic rings. The van der Waals surface area contributed by atoms with E-state index in [1.165, 1.54) is 6.33 Å². The first kappa shape index (κ1) is 15.2. The summed E-state index contributed by atoms with van der Waals surface area (Å²) >= 11 is 0. The second-order valence-electron chi connectivity index (χ2n) is 4.88. The van der Waals surface area contributed by atoms with Crippen LogP contribution in [0.5, 0.6) is 0 Å². The van der Waals surface area contributed by atoms with Crippen LogP contribution in [-0.2, 0) is 14.3 Å². The lowest BCUT2D eigenvalue weighted by Crippen LogP contribution is -2.31. The summed E-state index contributed by atoms with van der Waals surface area (Å²) in [4.78, 5) is 20.8. The maximum Gasteiger partial charge on any atom is 0.338 e. The van der Waals surface area contributed by atoms with Crippen LogP contribution in [0.15, 0.2) is 42.1 Å². The second kappa shape index (κ2) is 6.57. The van der Waals surface area contributed by atoms with Crippen molar-refractivity contribution >= 4 is 11.9 Å². The number of hydrogen-bond acceptors (Lipinski definition) is 7. The number of pyridine rings is 1. The molecule has 8 nitrogen and oxygen atoms in total. The first-order chi connectivity index (χ1) is 11.3. The molecule has 23 heavy (non-hydrogen) atoms. The van der Waals surface area contributed by atoms with Gasteiger partial charge in [-0.05, 0) is 24.6 Å². The van der Waals surface area contributed by atoms with Crippen molar-refractivity contribution in [2.45, 2.75) is 13.0 Å². The molecule has 0 bridgehead atoms. The lowest BCUT2D eigenvalue weighted by Gasteiger charge is -2.29. The third-order valence-corrected chi connectivity index (χ3v) is 3.48. The topological polar surface area (TPSA) is 91.2 Å². The highest BCUT2D eigenvalue weighted by molar-refractivity contribution is 5.92. The van der Waals surface area contributed by atoms with Crippen LogP contribution in [0, 0.1) is 0 Å². The molecule has 1 N–H and O–H groups in total. The highest BCUT2D eigenvalue weighted by Crippen LogP contribution is 2.35. The van der Waals surface area contributed by atoms with E-state index in [1.807, 2.05) is 12.1 Å². The van der Waals surface area contributed by atoms with Crippen LogP contribution in [0.25, 0.3) is 0 Å². The number of nitrogens with zero attached hydrogens (tertiary/aromatic N) is 4. The summed E-state index contributed by atoms with van der Waals surface area (Å²) in [5.41, 5.74) is 1.94. The molecule has 0 aliphatic carbocycles. The summed E-state index contributed by atoms with van der Waals surface area (Å²) in [5.74, 6) is 0.141. The maximum absolute atomic E-state index is 12.5. The summed E-state index contributed by atoms with van der Waals surface area (Å²) in [7, 11) is 1.57. The maximum atomic E-state index is 12.5. The van der Waals surface area contributed by atoms with Crippen LogP contribution in [0.2, 0.25) is 0 Å². The van der Waals surface area contributed by atoms with Gasteiger partial charge in [0.05, 0.1) is 24.5 Å². The number of hydrogen-bond donors (Lipinski definition) is 1. The van der Waals surface area contributed by atoms with E-state index in [0.717, 1.165) is 5.56 Å². The lowest BCUT2D eigenvalue weighted by atomic mass is 9.96. The van der Waals surface area contributed by atoms with E-state index in [2.05, 4.69) is 20.4 Å². The Morgan fingerprint density at radius 3 is 2.87 bits per heavy atom. The van der Waals surface area contributed by atoms with Crippen LogP contribution < -0.4 is 5.32 Å². The van der Waals surface area contributed by atoms with Gasteiger partial charge in [-0.1, -0.05) is 0 Å². The van der Waals surface area contributed by atoms with Gasteiger partial charge in [0.2, 0.25) is 5.95 Å². The normalized spacial score (nSPS) is 16.7. The molecule has 0 fully saturated rings. The van der Waals surface area contributed by atoms with Gasteiger partial charge < -0.3 is 14.8 Å². The van der Waals surface area contributed by atoms with Gasteiger partial charge in [0, 0.05) is 19.5 Å². The van der Waals surface area contributed by atoms with E-state index in [1.54, 1.807) is 31.1 Å². The van der Waals surface area contributed by atoms with Gasteiger partial charge in [-0.3, -0.25) is 4.98 Å². The van der Waals surface area contributed by atoms with Gasteiger partial charge in [-0.2, -0.15) is 10.1 Å². The highest BCUT2D eigenvalue weighted by Gasteiger charge is 2.35. The summed E-state index contributed by atoms with van der Waals surface area (Å²) in [6, 6.07) is 3.23. The summed E-state index contributed by atoms with van der Waals surface area (Å²) in [6.45, 7) is 2.30. The Morgan fingerprint density at radius 1 is 1.39 bits per heavy atom. The zero-order chi connectivity index (χ0) is 16.2. The molecule has 0 saturated carbocycles. The molecule has 1 atom stereocenters. The number of carbonyl (C=O) groups is 1. The van der Waals surface area contributed by atoms with Crippen molar-refractivity contribution in [3.05, 3.63) is 47.7 Å². The predicted octanol–water partition coefficient (Wildman–Crippen LogP) is 1.15. The molecule has 120 valence electrons. The van der Waals surface area contributed by atoms with E-state index in [4.69, 9.17) is 9.47 Å². The van der Waals surface area contributed by atoms with Gasteiger partial charge in [0.1, 0.15) is 12.4 Å². The Kier molecular flexibility index (Phi) is 4.33. The standard InChI is InChI=1S/C15H17N5O3/c1-3-23-14(21)12-11(8-22-2)19-15-17-9-18-20(15)13(12)10-4-6-16-7-5-10/h4-7,9,13H,3,8H2,1-2H3,(H,17,18,19). The van der Waals surface area contributed by atoms with Crippen molar-refractivity contribution in [3.63, 3.8) is 0 Å². The fourth-order valence-electron chi connectivity index (χ4n) is 2.57. The molecule has 2 aromatic rings. The number of rotatable bonds is 5. The molecule has 8 heteroatoms. The quantitative estimate of drug-likeness (QED) is 0.828. The largest absolute Gasteiger partial charge is 0.463 e. The van der Waals surface area contributed by atoms with Crippen LogP contribution in [0.1, 0.15) is 18.5 Å². The average molecular weight is 315 g/mol. The molecule has 0 amide bonds. The van der Waals surface area contributed by atoms with Crippen LogP contribution in [-0.4, -0.2) is 46.0 Å². The molecule has 3 rings (SSSR count). The number of anilines is 1. The number of methoxy groups -OCH3 is 1. The first-order valence-corrected chi connectivity index (χ1v) is 7.21. The van der Waals surface area contributed by atoms with E-state index in [-0.39, 0.29) is 13.2 Å². The molecular weight excluding hydrogens is 298 g/mol.